The van der Waals surface area contributed by atoms with Gasteiger partial charge in [0.2, 0.25) is 0 Å². The lowest BCUT2D eigenvalue weighted by Gasteiger charge is -2.52. The minimum absolute atomic E-state index is 0.134. The van der Waals surface area contributed by atoms with Gasteiger partial charge in [-0.1, -0.05) is 13.3 Å². The molecule has 1 nitrogen and oxygen atoms in total. The van der Waals surface area contributed by atoms with Crippen LogP contribution in [0.5, 0.6) is 0 Å². The maximum atomic E-state index is 11.3. The van der Waals surface area contributed by atoms with Crippen LogP contribution in [0.3, 0.4) is 0 Å². The van der Waals surface area contributed by atoms with E-state index in [0.717, 1.165) is 12.8 Å². The van der Waals surface area contributed by atoms with E-state index in [1.54, 1.807) is 0 Å². The standard InChI is InChI=1S/C8H11ClO/c1-8-4-2-3-5(6(8)9)7(8)10/h5-6H,2-4H2,1H3/t5?,6-,8-/m1/s1. The van der Waals surface area contributed by atoms with Gasteiger partial charge in [0, 0.05) is 11.3 Å². The Balaban J connectivity index is 2.28. The van der Waals surface area contributed by atoms with E-state index in [9.17, 15) is 4.79 Å². The Morgan fingerprint density at radius 2 is 2.40 bits per heavy atom. The molecular formula is C8H11ClO. The maximum Gasteiger partial charge on any atom is 0.144 e. The number of fused-ring (bicyclic) bond motifs is 2. The normalized spacial score (nSPS) is 52.4. The Kier molecular flexibility index (Phi) is 1.17. The van der Waals surface area contributed by atoms with Crippen molar-refractivity contribution in [1.82, 2.24) is 0 Å². The summed E-state index contributed by atoms with van der Waals surface area (Å²) in [6, 6.07) is 0. The van der Waals surface area contributed by atoms with E-state index in [-0.39, 0.29) is 16.7 Å². The van der Waals surface area contributed by atoms with Crippen molar-refractivity contribution in [3.05, 3.63) is 0 Å². The van der Waals surface area contributed by atoms with Crippen LogP contribution in [0.1, 0.15) is 26.2 Å². The average Bonchev–Trinajstić information content (AvgIpc) is 1.95. The SMILES string of the molecule is C[C@]12CCCC(C1=O)[C@H]2Cl. The zero-order valence-corrected chi connectivity index (χ0v) is 6.82. The topological polar surface area (TPSA) is 17.1 Å². The molecule has 2 bridgehead atoms. The summed E-state index contributed by atoms with van der Waals surface area (Å²) in [4.78, 5) is 11.3. The predicted molar refractivity (Wildman–Crippen MR) is 40.1 cm³/mol. The number of halogens is 1. The van der Waals surface area contributed by atoms with Crippen molar-refractivity contribution in [1.29, 1.82) is 0 Å². The van der Waals surface area contributed by atoms with Gasteiger partial charge in [0.15, 0.2) is 0 Å². The highest BCUT2D eigenvalue weighted by Gasteiger charge is 2.59. The van der Waals surface area contributed by atoms with Crippen molar-refractivity contribution in [2.75, 3.05) is 0 Å². The van der Waals surface area contributed by atoms with E-state index >= 15 is 0 Å². The molecule has 0 N–H and O–H groups in total. The van der Waals surface area contributed by atoms with Crippen LogP contribution in [-0.2, 0) is 4.79 Å². The van der Waals surface area contributed by atoms with Gasteiger partial charge in [-0.3, -0.25) is 4.79 Å². The Labute approximate surface area is 65.7 Å². The number of carbonyl (C=O) groups excluding carboxylic acids is 1. The predicted octanol–water partition coefficient (Wildman–Crippen LogP) is 1.98. The van der Waals surface area contributed by atoms with E-state index in [4.69, 9.17) is 11.6 Å². The van der Waals surface area contributed by atoms with Crippen molar-refractivity contribution in [2.45, 2.75) is 31.6 Å². The summed E-state index contributed by atoms with van der Waals surface area (Å²) in [5, 5.41) is 0.147. The van der Waals surface area contributed by atoms with Gasteiger partial charge >= 0.3 is 0 Å². The molecule has 0 aliphatic heterocycles. The van der Waals surface area contributed by atoms with Gasteiger partial charge in [-0.25, -0.2) is 0 Å². The molecule has 0 heterocycles. The molecule has 0 amide bonds. The minimum atomic E-state index is -0.134. The summed E-state index contributed by atoms with van der Waals surface area (Å²) in [6.45, 7) is 2.00. The molecule has 3 aliphatic carbocycles. The molecule has 3 rings (SSSR count). The lowest BCUT2D eigenvalue weighted by Crippen LogP contribution is -2.60. The Hall–Kier alpha value is -0.0400. The van der Waals surface area contributed by atoms with Crippen molar-refractivity contribution in [3.63, 3.8) is 0 Å². The first-order valence-electron chi connectivity index (χ1n) is 3.84. The Bertz CT molecular complexity index is 190. The minimum Gasteiger partial charge on any atom is -0.299 e. The van der Waals surface area contributed by atoms with Crippen molar-refractivity contribution >= 4 is 17.4 Å². The van der Waals surface area contributed by atoms with E-state index in [1.807, 2.05) is 6.92 Å². The summed E-state index contributed by atoms with van der Waals surface area (Å²) in [5.41, 5.74) is -0.134. The number of rotatable bonds is 0. The van der Waals surface area contributed by atoms with Gasteiger partial charge in [0.25, 0.3) is 0 Å². The fourth-order valence-corrected chi connectivity index (χ4v) is 2.72. The smallest absolute Gasteiger partial charge is 0.144 e. The molecule has 1 unspecified atom stereocenters. The summed E-state index contributed by atoms with van der Waals surface area (Å²) in [7, 11) is 0. The van der Waals surface area contributed by atoms with Crippen LogP contribution in [0, 0.1) is 11.3 Å². The van der Waals surface area contributed by atoms with E-state index in [1.165, 1.54) is 6.42 Å². The lowest BCUT2D eigenvalue weighted by molar-refractivity contribution is -0.149. The molecule has 10 heavy (non-hydrogen) atoms. The van der Waals surface area contributed by atoms with Gasteiger partial charge in [0.05, 0.1) is 5.38 Å². The van der Waals surface area contributed by atoms with Crippen LogP contribution in [0.4, 0.5) is 0 Å². The molecule has 2 heteroatoms. The fourth-order valence-electron chi connectivity index (χ4n) is 2.27. The number of alkyl halides is 1. The number of hydrogen-bond acceptors (Lipinski definition) is 1. The van der Waals surface area contributed by atoms with Crippen LogP contribution >= 0.6 is 11.6 Å². The molecule has 0 radical (unpaired) electrons. The first-order chi connectivity index (χ1) is 4.66. The van der Waals surface area contributed by atoms with Crippen molar-refractivity contribution < 1.29 is 4.79 Å². The van der Waals surface area contributed by atoms with Crippen LogP contribution < -0.4 is 0 Å². The summed E-state index contributed by atoms with van der Waals surface area (Å²) >= 11 is 6.03. The second kappa shape index (κ2) is 1.76. The Morgan fingerprint density at radius 1 is 1.70 bits per heavy atom. The molecule has 3 aliphatic rings. The van der Waals surface area contributed by atoms with Gasteiger partial charge in [0.1, 0.15) is 5.78 Å². The monoisotopic (exact) mass is 158 g/mol. The number of hydrogen-bond donors (Lipinski definition) is 0. The van der Waals surface area contributed by atoms with Crippen LogP contribution in [0.25, 0.3) is 0 Å². The van der Waals surface area contributed by atoms with Gasteiger partial charge in [-0.05, 0) is 12.8 Å². The van der Waals surface area contributed by atoms with Gasteiger partial charge in [-0.15, -0.1) is 11.6 Å². The zero-order chi connectivity index (χ0) is 7.35. The largest absolute Gasteiger partial charge is 0.299 e. The van der Waals surface area contributed by atoms with E-state index < -0.39 is 0 Å². The third-order valence-corrected chi connectivity index (χ3v) is 3.86. The number of carbonyl (C=O) groups is 1. The van der Waals surface area contributed by atoms with E-state index in [0.29, 0.717) is 5.78 Å². The molecule has 0 saturated heterocycles. The summed E-state index contributed by atoms with van der Waals surface area (Å²) in [5.74, 6) is 0.624. The van der Waals surface area contributed by atoms with E-state index in [2.05, 4.69) is 0 Å². The summed E-state index contributed by atoms with van der Waals surface area (Å²) in [6.07, 6.45) is 3.23. The lowest BCUT2D eigenvalue weighted by atomic mass is 9.54. The van der Waals surface area contributed by atoms with Gasteiger partial charge < -0.3 is 0 Å². The summed E-state index contributed by atoms with van der Waals surface area (Å²) < 4.78 is 0. The van der Waals surface area contributed by atoms with Crippen LogP contribution in [0.15, 0.2) is 0 Å². The maximum absolute atomic E-state index is 11.3. The quantitative estimate of drug-likeness (QED) is 0.493. The molecule has 56 valence electrons. The zero-order valence-electron chi connectivity index (χ0n) is 6.06. The molecule has 3 saturated carbocycles. The highest BCUT2D eigenvalue weighted by Crippen LogP contribution is 2.54. The fraction of sp³-hybridized carbons (Fsp3) is 0.875. The molecular weight excluding hydrogens is 148 g/mol. The molecule has 0 aromatic rings. The third kappa shape index (κ3) is 0.531. The van der Waals surface area contributed by atoms with Crippen molar-refractivity contribution in [3.8, 4) is 0 Å². The average molecular weight is 159 g/mol. The molecule has 0 aromatic carbocycles. The highest BCUT2D eigenvalue weighted by atomic mass is 35.5. The van der Waals surface area contributed by atoms with Gasteiger partial charge in [-0.2, -0.15) is 0 Å². The first kappa shape index (κ1) is 6.66. The molecule has 3 atom stereocenters. The third-order valence-electron chi connectivity index (χ3n) is 3.07. The van der Waals surface area contributed by atoms with Crippen LogP contribution in [-0.4, -0.2) is 11.2 Å². The van der Waals surface area contributed by atoms with Crippen LogP contribution in [0.2, 0.25) is 0 Å². The van der Waals surface area contributed by atoms with Crippen molar-refractivity contribution in [2.24, 2.45) is 11.3 Å². The molecule has 0 aromatic heterocycles. The Morgan fingerprint density at radius 3 is 2.70 bits per heavy atom. The second-order valence-electron chi connectivity index (χ2n) is 3.68. The second-order valence-corrected chi connectivity index (χ2v) is 4.15. The first-order valence-corrected chi connectivity index (χ1v) is 4.28. The number of Topliss-reactive ketones (excluding diaryl/α,β-unsaturated/α-hetero) is 1. The number of ketones is 1. The molecule has 3 fully saturated rings. The highest BCUT2D eigenvalue weighted by molar-refractivity contribution is 6.28. The molecule has 0 spiro atoms.